The van der Waals surface area contributed by atoms with Crippen LogP contribution in [-0.4, -0.2) is 12.2 Å². The van der Waals surface area contributed by atoms with E-state index in [2.05, 4.69) is 0 Å². The number of nitrogen functional groups attached to an aromatic ring is 1. The summed E-state index contributed by atoms with van der Waals surface area (Å²) >= 11 is 0. The van der Waals surface area contributed by atoms with Crippen molar-refractivity contribution in [1.29, 1.82) is 0 Å². The SMILES string of the molecule is COc1cccc(C(O)c2ccc(F)c(F)c2)c1N. The first kappa shape index (κ1) is 13.3. The molecule has 0 saturated heterocycles. The van der Waals surface area contributed by atoms with E-state index in [1.807, 2.05) is 0 Å². The first-order valence-corrected chi connectivity index (χ1v) is 5.60. The number of halogens is 2. The van der Waals surface area contributed by atoms with E-state index in [1.54, 1.807) is 18.2 Å². The van der Waals surface area contributed by atoms with Crippen molar-refractivity contribution in [3.63, 3.8) is 0 Å². The average Bonchev–Trinajstić information content (AvgIpc) is 2.41. The fourth-order valence-corrected chi connectivity index (χ4v) is 1.84. The summed E-state index contributed by atoms with van der Waals surface area (Å²) in [6, 6.07) is 8.12. The lowest BCUT2D eigenvalue weighted by Crippen LogP contribution is -2.06. The lowest BCUT2D eigenvalue weighted by Gasteiger charge is -2.16. The number of para-hydroxylation sites is 1. The first-order valence-electron chi connectivity index (χ1n) is 5.60. The maximum atomic E-state index is 13.2. The highest BCUT2D eigenvalue weighted by Gasteiger charge is 2.17. The predicted molar refractivity (Wildman–Crippen MR) is 67.8 cm³/mol. The van der Waals surface area contributed by atoms with Crippen LogP contribution in [0.2, 0.25) is 0 Å². The Bertz CT molecular complexity index is 602. The molecular weight excluding hydrogens is 252 g/mol. The molecule has 0 heterocycles. The summed E-state index contributed by atoms with van der Waals surface area (Å²) in [5.74, 6) is -1.56. The molecule has 2 aromatic rings. The normalized spacial score (nSPS) is 12.2. The van der Waals surface area contributed by atoms with Crippen molar-refractivity contribution in [2.75, 3.05) is 12.8 Å². The summed E-state index contributed by atoms with van der Waals surface area (Å²) in [6.45, 7) is 0. The van der Waals surface area contributed by atoms with Gasteiger partial charge in [-0.15, -0.1) is 0 Å². The maximum absolute atomic E-state index is 13.2. The Hall–Kier alpha value is -2.14. The number of aliphatic hydroxyl groups excluding tert-OH is 1. The predicted octanol–water partition coefficient (Wildman–Crippen LogP) is 2.64. The van der Waals surface area contributed by atoms with E-state index < -0.39 is 17.7 Å². The highest BCUT2D eigenvalue weighted by atomic mass is 19.2. The van der Waals surface area contributed by atoms with Crippen LogP contribution < -0.4 is 10.5 Å². The van der Waals surface area contributed by atoms with E-state index in [0.29, 0.717) is 11.3 Å². The third kappa shape index (κ3) is 2.51. The van der Waals surface area contributed by atoms with Crippen molar-refractivity contribution in [3.8, 4) is 5.75 Å². The molecule has 0 spiro atoms. The fourth-order valence-electron chi connectivity index (χ4n) is 1.84. The first-order chi connectivity index (χ1) is 9.04. The number of rotatable bonds is 3. The van der Waals surface area contributed by atoms with Gasteiger partial charge in [0.05, 0.1) is 12.8 Å². The lowest BCUT2D eigenvalue weighted by molar-refractivity contribution is 0.220. The minimum absolute atomic E-state index is 0.221. The molecule has 5 heteroatoms. The number of anilines is 1. The zero-order valence-corrected chi connectivity index (χ0v) is 10.2. The average molecular weight is 265 g/mol. The Labute approximate surface area is 109 Å². The number of methoxy groups -OCH3 is 1. The van der Waals surface area contributed by atoms with Crippen LogP contribution >= 0.6 is 0 Å². The van der Waals surface area contributed by atoms with Crippen LogP contribution in [0.25, 0.3) is 0 Å². The molecular formula is C14H13F2NO2. The second-order valence-electron chi connectivity index (χ2n) is 4.04. The van der Waals surface area contributed by atoms with Gasteiger partial charge in [-0.3, -0.25) is 0 Å². The van der Waals surface area contributed by atoms with E-state index in [0.717, 1.165) is 12.1 Å². The van der Waals surface area contributed by atoms with E-state index in [1.165, 1.54) is 13.2 Å². The summed E-state index contributed by atoms with van der Waals surface area (Å²) < 4.78 is 31.1. The number of hydrogen-bond acceptors (Lipinski definition) is 3. The van der Waals surface area contributed by atoms with Crippen LogP contribution in [0.15, 0.2) is 36.4 Å². The quantitative estimate of drug-likeness (QED) is 0.839. The minimum atomic E-state index is -1.15. The van der Waals surface area contributed by atoms with Gasteiger partial charge in [0.2, 0.25) is 0 Å². The Morgan fingerprint density at radius 3 is 2.53 bits per heavy atom. The molecule has 2 rings (SSSR count). The van der Waals surface area contributed by atoms with Crippen molar-refractivity contribution in [2.45, 2.75) is 6.10 Å². The molecule has 3 N–H and O–H groups in total. The molecule has 0 radical (unpaired) electrons. The van der Waals surface area contributed by atoms with Crippen molar-refractivity contribution >= 4 is 5.69 Å². The number of aliphatic hydroxyl groups is 1. The van der Waals surface area contributed by atoms with E-state index in [4.69, 9.17) is 10.5 Å². The van der Waals surface area contributed by atoms with Gasteiger partial charge in [0.25, 0.3) is 0 Å². The molecule has 100 valence electrons. The van der Waals surface area contributed by atoms with Gasteiger partial charge in [-0.1, -0.05) is 18.2 Å². The Kier molecular flexibility index (Phi) is 3.66. The molecule has 0 amide bonds. The fraction of sp³-hybridized carbons (Fsp3) is 0.143. The molecule has 0 aliphatic heterocycles. The van der Waals surface area contributed by atoms with Gasteiger partial charge < -0.3 is 15.6 Å². The lowest BCUT2D eigenvalue weighted by atomic mass is 9.99. The second kappa shape index (κ2) is 5.24. The number of nitrogens with two attached hydrogens (primary N) is 1. The molecule has 0 bridgehead atoms. The van der Waals surface area contributed by atoms with Crippen LogP contribution in [-0.2, 0) is 0 Å². The highest BCUT2D eigenvalue weighted by Crippen LogP contribution is 2.33. The second-order valence-corrected chi connectivity index (χ2v) is 4.04. The van der Waals surface area contributed by atoms with Gasteiger partial charge in [0.1, 0.15) is 11.9 Å². The van der Waals surface area contributed by atoms with Gasteiger partial charge in [0.15, 0.2) is 11.6 Å². The number of ether oxygens (including phenoxy) is 1. The molecule has 3 nitrogen and oxygen atoms in total. The number of benzene rings is 2. The number of hydrogen-bond donors (Lipinski definition) is 2. The van der Waals surface area contributed by atoms with Crippen molar-refractivity contribution in [1.82, 2.24) is 0 Å². The van der Waals surface area contributed by atoms with Crippen LogP contribution in [0.1, 0.15) is 17.2 Å². The van der Waals surface area contributed by atoms with Crippen LogP contribution in [0.4, 0.5) is 14.5 Å². The maximum Gasteiger partial charge on any atom is 0.159 e. The Morgan fingerprint density at radius 2 is 1.89 bits per heavy atom. The molecule has 1 unspecified atom stereocenters. The summed E-state index contributed by atoms with van der Waals surface area (Å²) in [5, 5.41) is 10.2. The molecule has 0 saturated carbocycles. The van der Waals surface area contributed by atoms with Gasteiger partial charge >= 0.3 is 0 Å². The van der Waals surface area contributed by atoms with E-state index in [-0.39, 0.29) is 11.3 Å². The molecule has 0 aromatic heterocycles. The zero-order chi connectivity index (χ0) is 14.0. The highest BCUT2D eigenvalue weighted by molar-refractivity contribution is 5.60. The van der Waals surface area contributed by atoms with E-state index >= 15 is 0 Å². The summed E-state index contributed by atoms with van der Waals surface area (Å²) in [7, 11) is 1.46. The standard InChI is InChI=1S/C14H13F2NO2/c1-19-12-4-2-3-9(13(12)17)14(18)8-5-6-10(15)11(16)7-8/h2-7,14,18H,17H2,1H3. The van der Waals surface area contributed by atoms with Gasteiger partial charge in [-0.2, -0.15) is 0 Å². The van der Waals surface area contributed by atoms with Crippen LogP contribution in [0.3, 0.4) is 0 Å². The largest absolute Gasteiger partial charge is 0.495 e. The van der Waals surface area contributed by atoms with Crippen molar-refractivity contribution in [3.05, 3.63) is 59.2 Å². The summed E-state index contributed by atoms with van der Waals surface area (Å²) in [4.78, 5) is 0. The minimum Gasteiger partial charge on any atom is -0.495 e. The molecule has 1 atom stereocenters. The van der Waals surface area contributed by atoms with Gasteiger partial charge in [-0.05, 0) is 23.8 Å². The Balaban J connectivity index is 2.43. The topological polar surface area (TPSA) is 55.5 Å². The van der Waals surface area contributed by atoms with Gasteiger partial charge in [0, 0.05) is 5.56 Å². The monoisotopic (exact) mass is 265 g/mol. The Morgan fingerprint density at radius 1 is 1.16 bits per heavy atom. The molecule has 2 aromatic carbocycles. The van der Waals surface area contributed by atoms with E-state index in [9.17, 15) is 13.9 Å². The molecule has 19 heavy (non-hydrogen) atoms. The molecule has 0 aliphatic rings. The van der Waals surface area contributed by atoms with Crippen LogP contribution in [0, 0.1) is 11.6 Å². The summed E-state index contributed by atoms with van der Waals surface area (Å²) in [6.07, 6.45) is -1.15. The van der Waals surface area contributed by atoms with Gasteiger partial charge in [-0.25, -0.2) is 8.78 Å². The third-order valence-corrected chi connectivity index (χ3v) is 2.87. The van der Waals surface area contributed by atoms with Crippen LogP contribution in [0.5, 0.6) is 5.75 Å². The summed E-state index contributed by atoms with van der Waals surface area (Å²) in [5.41, 5.74) is 6.71. The third-order valence-electron chi connectivity index (χ3n) is 2.87. The molecule has 0 aliphatic carbocycles. The zero-order valence-electron chi connectivity index (χ0n) is 10.2. The van der Waals surface area contributed by atoms with Crippen molar-refractivity contribution < 1.29 is 18.6 Å². The molecule has 0 fully saturated rings. The van der Waals surface area contributed by atoms with Crippen molar-refractivity contribution in [2.24, 2.45) is 0 Å². The smallest absolute Gasteiger partial charge is 0.159 e.